The predicted molar refractivity (Wildman–Crippen MR) is 76.0 cm³/mol. The van der Waals surface area contributed by atoms with Crippen molar-refractivity contribution in [2.24, 2.45) is 0 Å². The van der Waals surface area contributed by atoms with E-state index in [0.29, 0.717) is 12.2 Å². The smallest absolute Gasteiger partial charge is 0.177 e. The van der Waals surface area contributed by atoms with Gasteiger partial charge in [0.15, 0.2) is 9.84 Å². The predicted octanol–water partition coefficient (Wildman–Crippen LogP) is 1.65. The third kappa shape index (κ3) is 3.19. The van der Waals surface area contributed by atoms with Crippen LogP contribution in [0.2, 0.25) is 0 Å². The third-order valence-corrected chi connectivity index (χ3v) is 4.57. The molecule has 1 aliphatic rings. The van der Waals surface area contributed by atoms with E-state index in [2.05, 4.69) is 5.32 Å². The van der Waals surface area contributed by atoms with Gasteiger partial charge in [-0.2, -0.15) is 0 Å². The maximum atomic E-state index is 11.6. The average molecular weight is 284 g/mol. The van der Waals surface area contributed by atoms with Gasteiger partial charge in [0.05, 0.1) is 21.9 Å². The Labute approximate surface area is 114 Å². The number of nitrogens with one attached hydrogen (secondary N) is 1. The van der Waals surface area contributed by atoms with Crippen LogP contribution in [0.4, 0.5) is 11.4 Å². The summed E-state index contributed by atoms with van der Waals surface area (Å²) in [7, 11) is -3.30. The van der Waals surface area contributed by atoms with Crippen molar-refractivity contribution in [2.45, 2.75) is 30.3 Å². The zero-order valence-corrected chi connectivity index (χ0v) is 12.1. The first-order valence-electron chi connectivity index (χ1n) is 6.28. The van der Waals surface area contributed by atoms with Gasteiger partial charge in [-0.05, 0) is 31.9 Å². The molecule has 1 unspecified atom stereocenters. The van der Waals surface area contributed by atoms with E-state index in [1.165, 1.54) is 6.07 Å². The summed E-state index contributed by atoms with van der Waals surface area (Å²) in [4.78, 5) is 0.162. The van der Waals surface area contributed by atoms with E-state index >= 15 is 0 Å². The Kier molecular flexibility index (Phi) is 3.73. The normalized spacial score (nSPS) is 23.5. The molecule has 19 heavy (non-hydrogen) atoms. The monoisotopic (exact) mass is 284 g/mol. The average Bonchev–Trinajstić information content (AvgIpc) is 2.74. The van der Waals surface area contributed by atoms with E-state index in [1.54, 1.807) is 12.1 Å². The number of anilines is 2. The molecule has 0 bridgehead atoms. The summed E-state index contributed by atoms with van der Waals surface area (Å²) in [6.45, 7) is 3.44. The molecule has 3 N–H and O–H groups in total. The molecule has 1 fully saturated rings. The van der Waals surface area contributed by atoms with Crippen LogP contribution in [0.5, 0.6) is 0 Å². The summed E-state index contributed by atoms with van der Waals surface area (Å²) >= 11 is 0. The fourth-order valence-corrected chi connectivity index (χ4v) is 3.12. The highest BCUT2D eigenvalue weighted by molar-refractivity contribution is 7.90. The van der Waals surface area contributed by atoms with Crippen molar-refractivity contribution in [3.8, 4) is 0 Å². The molecule has 1 saturated heterocycles. The number of nitrogens with two attached hydrogens (primary N) is 1. The minimum atomic E-state index is -3.30. The summed E-state index contributed by atoms with van der Waals surface area (Å²) in [5, 5.41) is 3.19. The lowest BCUT2D eigenvalue weighted by atomic mass is 10.0. The molecule has 1 heterocycles. The van der Waals surface area contributed by atoms with Crippen molar-refractivity contribution in [3.05, 3.63) is 18.2 Å². The molecule has 0 spiro atoms. The van der Waals surface area contributed by atoms with Crippen molar-refractivity contribution in [1.29, 1.82) is 0 Å². The highest BCUT2D eigenvalue weighted by Crippen LogP contribution is 2.29. The Morgan fingerprint density at radius 1 is 1.47 bits per heavy atom. The van der Waals surface area contributed by atoms with Crippen LogP contribution in [-0.2, 0) is 14.6 Å². The zero-order valence-electron chi connectivity index (χ0n) is 11.3. The summed E-state index contributed by atoms with van der Waals surface area (Å²) in [6.07, 6.45) is 3.20. The number of nitrogen functional groups attached to an aromatic ring is 1. The largest absolute Gasteiger partial charge is 0.396 e. The van der Waals surface area contributed by atoms with Crippen LogP contribution in [0.3, 0.4) is 0 Å². The first kappa shape index (κ1) is 14.1. The summed E-state index contributed by atoms with van der Waals surface area (Å²) in [5.74, 6) is 0. The molecule has 0 aromatic heterocycles. The van der Waals surface area contributed by atoms with Crippen molar-refractivity contribution in [2.75, 3.05) is 30.5 Å². The molecular weight excluding hydrogens is 264 g/mol. The van der Waals surface area contributed by atoms with Crippen LogP contribution < -0.4 is 11.1 Å². The van der Waals surface area contributed by atoms with Crippen molar-refractivity contribution < 1.29 is 13.2 Å². The van der Waals surface area contributed by atoms with Crippen molar-refractivity contribution in [1.82, 2.24) is 0 Å². The first-order chi connectivity index (χ1) is 8.82. The van der Waals surface area contributed by atoms with Gasteiger partial charge in [-0.25, -0.2) is 8.42 Å². The molecule has 2 rings (SSSR count). The zero-order chi connectivity index (χ0) is 14.1. The number of benzene rings is 1. The summed E-state index contributed by atoms with van der Waals surface area (Å²) < 4.78 is 28.9. The number of para-hydroxylation sites is 1. The van der Waals surface area contributed by atoms with E-state index in [4.69, 9.17) is 10.5 Å². The van der Waals surface area contributed by atoms with Gasteiger partial charge in [0.2, 0.25) is 0 Å². The van der Waals surface area contributed by atoms with E-state index < -0.39 is 9.84 Å². The Bertz CT molecular complexity index is 563. The molecular formula is C13H20N2O3S. The number of hydrogen-bond donors (Lipinski definition) is 2. The standard InChI is InChI=1S/C13H20N2O3S/c1-13(7-4-8-18-13)9-15-10-5-3-6-11(12(10)14)19(2,16)17/h3,5-6,15H,4,7-9,14H2,1-2H3. The van der Waals surface area contributed by atoms with E-state index in [9.17, 15) is 8.42 Å². The van der Waals surface area contributed by atoms with Crippen LogP contribution in [0.15, 0.2) is 23.1 Å². The fraction of sp³-hybridized carbons (Fsp3) is 0.538. The summed E-state index contributed by atoms with van der Waals surface area (Å²) in [5.41, 5.74) is 6.62. The maximum absolute atomic E-state index is 11.6. The molecule has 1 aromatic rings. The van der Waals surface area contributed by atoms with Crippen molar-refractivity contribution >= 4 is 21.2 Å². The third-order valence-electron chi connectivity index (χ3n) is 3.42. The quantitative estimate of drug-likeness (QED) is 0.822. The lowest BCUT2D eigenvalue weighted by Gasteiger charge is -2.24. The number of hydrogen-bond acceptors (Lipinski definition) is 5. The van der Waals surface area contributed by atoms with E-state index in [1.807, 2.05) is 6.92 Å². The second kappa shape index (κ2) is 5.02. The SMILES string of the molecule is CC1(CNc2cccc(S(C)(=O)=O)c2N)CCCO1. The van der Waals surface area contributed by atoms with Gasteiger partial charge in [0, 0.05) is 19.4 Å². The van der Waals surface area contributed by atoms with Gasteiger partial charge in [-0.15, -0.1) is 0 Å². The molecule has 0 saturated carbocycles. The van der Waals surface area contributed by atoms with Crippen LogP contribution in [0.1, 0.15) is 19.8 Å². The molecule has 106 valence electrons. The van der Waals surface area contributed by atoms with Crippen molar-refractivity contribution in [3.63, 3.8) is 0 Å². The number of ether oxygens (including phenoxy) is 1. The van der Waals surface area contributed by atoms with Crippen LogP contribution in [0, 0.1) is 0 Å². The summed E-state index contributed by atoms with van der Waals surface area (Å²) in [6, 6.07) is 4.98. The first-order valence-corrected chi connectivity index (χ1v) is 8.17. The second-order valence-corrected chi connectivity index (χ2v) is 7.23. The van der Waals surface area contributed by atoms with E-state index in [-0.39, 0.29) is 16.2 Å². The Morgan fingerprint density at radius 2 is 2.21 bits per heavy atom. The Hall–Kier alpha value is -1.27. The highest BCUT2D eigenvalue weighted by atomic mass is 32.2. The number of sulfone groups is 1. The molecule has 1 atom stereocenters. The van der Waals surface area contributed by atoms with Gasteiger partial charge in [0.25, 0.3) is 0 Å². The van der Waals surface area contributed by atoms with Gasteiger partial charge in [-0.1, -0.05) is 6.07 Å². The number of rotatable bonds is 4. The van der Waals surface area contributed by atoms with Crippen LogP contribution >= 0.6 is 0 Å². The molecule has 6 heteroatoms. The molecule has 1 aliphatic heterocycles. The Balaban J connectivity index is 2.17. The van der Waals surface area contributed by atoms with Crippen LogP contribution in [0.25, 0.3) is 0 Å². The van der Waals surface area contributed by atoms with Gasteiger partial charge >= 0.3 is 0 Å². The lowest BCUT2D eigenvalue weighted by Crippen LogP contribution is -2.32. The molecule has 0 aliphatic carbocycles. The van der Waals surface area contributed by atoms with E-state index in [0.717, 1.165) is 25.7 Å². The minimum absolute atomic E-state index is 0.162. The minimum Gasteiger partial charge on any atom is -0.396 e. The Morgan fingerprint density at radius 3 is 2.79 bits per heavy atom. The fourth-order valence-electron chi connectivity index (χ4n) is 2.28. The second-order valence-electron chi connectivity index (χ2n) is 5.25. The topological polar surface area (TPSA) is 81.4 Å². The molecule has 0 radical (unpaired) electrons. The van der Waals surface area contributed by atoms with Gasteiger partial charge in [-0.3, -0.25) is 0 Å². The van der Waals surface area contributed by atoms with Gasteiger partial charge in [0.1, 0.15) is 0 Å². The molecule has 1 aromatic carbocycles. The highest BCUT2D eigenvalue weighted by Gasteiger charge is 2.29. The molecule has 0 amide bonds. The maximum Gasteiger partial charge on any atom is 0.177 e. The van der Waals surface area contributed by atoms with Crippen LogP contribution in [-0.4, -0.2) is 33.4 Å². The lowest BCUT2D eigenvalue weighted by molar-refractivity contribution is 0.0315. The molecule has 5 nitrogen and oxygen atoms in total. The van der Waals surface area contributed by atoms with Gasteiger partial charge < -0.3 is 15.8 Å².